The third kappa shape index (κ3) is 2.80. The van der Waals surface area contributed by atoms with Crippen LogP contribution in [0.1, 0.15) is 10.4 Å². The monoisotopic (exact) mass is 313 g/mol. The first-order valence-electron chi connectivity index (χ1n) is 6.49. The lowest BCUT2D eigenvalue weighted by Gasteiger charge is -2.08. The van der Waals surface area contributed by atoms with Crippen molar-refractivity contribution in [3.8, 4) is 5.75 Å². The molecule has 0 saturated heterocycles. The lowest BCUT2D eigenvalue weighted by molar-refractivity contribution is 0.102. The van der Waals surface area contributed by atoms with Gasteiger partial charge in [-0.2, -0.15) is 0 Å². The van der Waals surface area contributed by atoms with E-state index in [2.05, 4.69) is 10.3 Å². The summed E-state index contributed by atoms with van der Waals surface area (Å²) in [6.07, 6.45) is 0. The molecule has 2 aromatic carbocycles. The minimum absolute atomic E-state index is 0.114. The number of rotatable bonds is 2. The van der Waals surface area contributed by atoms with E-state index in [0.717, 1.165) is 10.9 Å². The van der Waals surface area contributed by atoms with Gasteiger partial charge in [0.25, 0.3) is 5.91 Å². The van der Waals surface area contributed by atoms with Crippen molar-refractivity contribution in [1.82, 2.24) is 4.98 Å². The van der Waals surface area contributed by atoms with E-state index in [9.17, 15) is 9.90 Å². The number of anilines is 2. The molecule has 0 fully saturated rings. The molecular weight excluding hydrogens is 302 g/mol. The molecule has 0 spiro atoms. The Hall–Kier alpha value is -2.79. The van der Waals surface area contributed by atoms with Crippen LogP contribution in [0.2, 0.25) is 5.02 Å². The standard InChI is InChI=1S/C16H12ClN3O2/c17-10-2-5-14(21)12(8-10)16(22)19-11-3-4-13-9(7-11)1-6-15(18)20-13/h1-8,21H,(H2,18,20)(H,19,22). The van der Waals surface area contributed by atoms with Gasteiger partial charge >= 0.3 is 0 Å². The summed E-state index contributed by atoms with van der Waals surface area (Å²) >= 11 is 5.85. The number of nitrogens with two attached hydrogens (primary N) is 1. The van der Waals surface area contributed by atoms with E-state index in [4.69, 9.17) is 17.3 Å². The number of nitrogens with one attached hydrogen (secondary N) is 1. The van der Waals surface area contributed by atoms with Crippen molar-refractivity contribution in [1.29, 1.82) is 0 Å². The van der Waals surface area contributed by atoms with Crippen LogP contribution in [0.4, 0.5) is 11.5 Å². The number of halogens is 1. The molecule has 6 heteroatoms. The number of phenolic OH excluding ortho intramolecular Hbond substituents is 1. The molecule has 110 valence electrons. The van der Waals surface area contributed by atoms with Crippen LogP contribution in [-0.2, 0) is 0 Å². The number of fused-ring (bicyclic) bond motifs is 1. The normalized spacial score (nSPS) is 10.6. The lowest BCUT2D eigenvalue weighted by atomic mass is 10.1. The number of phenols is 1. The number of hydrogen-bond acceptors (Lipinski definition) is 4. The second kappa shape index (κ2) is 5.54. The van der Waals surface area contributed by atoms with Gasteiger partial charge in [-0.05, 0) is 48.5 Å². The maximum Gasteiger partial charge on any atom is 0.259 e. The zero-order valence-electron chi connectivity index (χ0n) is 11.4. The van der Waals surface area contributed by atoms with Crippen LogP contribution in [0, 0.1) is 0 Å². The molecule has 22 heavy (non-hydrogen) atoms. The van der Waals surface area contributed by atoms with Gasteiger partial charge in [0.05, 0.1) is 11.1 Å². The second-order valence-electron chi connectivity index (χ2n) is 4.76. The minimum Gasteiger partial charge on any atom is -0.507 e. The van der Waals surface area contributed by atoms with Gasteiger partial charge in [-0.3, -0.25) is 4.79 Å². The average Bonchev–Trinajstić information content (AvgIpc) is 2.49. The molecule has 3 aromatic rings. The van der Waals surface area contributed by atoms with Crippen LogP contribution in [0.5, 0.6) is 5.75 Å². The number of carbonyl (C=O) groups excluding carboxylic acids is 1. The van der Waals surface area contributed by atoms with Crippen LogP contribution in [0.15, 0.2) is 48.5 Å². The SMILES string of the molecule is Nc1ccc2cc(NC(=O)c3cc(Cl)ccc3O)ccc2n1. The Morgan fingerprint density at radius 2 is 1.95 bits per heavy atom. The lowest BCUT2D eigenvalue weighted by Crippen LogP contribution is -2.12. The van der Waals surface area contributed by atoms with E-state index in [1.165, 1.54) is 18.2 Å². The molecule has 0 saturated carbocycles. The van der Waals surface area contributed by atoms with Gasteiger partial charge in [0.2, 0.25) is 0 Å². The second-order valence-corrected chi connectivity index (χ2v) is 5.20. The fourth-order valence-electron chi connectivity index (χ4n) is 2.11. The number of aromatic hydroxyl groups is 1. The molecule has 0 aliphatic carbocycles. The molecular formula is C16H12ClN3O2. The molecule has 1 aromatic heterocycles. The van der Waals surface area contributed by atoms with Crippen LogP contribution >= 0.6 is 11.6 Å². The quantitative estimate of drug-likeness (QED) is 0.676. The highest BCUT2D eigenvalue weighted by Gasteiger charge is 2.12. The van der Waals surface area contributed by atoms with Crippen molar-refractivity contribution in [2.45, 2.75) is 0 Å². The van der Waals surface area contributed by atoms with Crippen molar-refractivity contribution < 1.29 is 9.90 Å². The van der Waals surface area contributed by atoms with Gasteiger partial charge < -0.3 is 16.2 Å². The molecule has 5 nitrogen and oxygen atoms in total. The highest BCUT2D eigenvalue weighted by atomic mass is 35.5. The first-order valence-corrected chi connectivity index (χ1v) is 6.87. The number of aromatic nitrogens is 1. The first-order chi connectivity index (χ1) is 10.5. The fraction of sp³-hybridized carbons (Fsp3) is 0. The average molecular weight is 314 g/mol. The Morgan fingerprint density at radius 1 is 1.14 bits per heavy atom. The molecule has 0 bridgehead atoms. The summed E-state index contributed by atoms with van der Waals surface area (Å²) in [6, 6.07) is 13.1. The van der Waals surface area contributed by atoms with Crippen molar-refractivity contribution in [2.24, 2.45) is 0 Å². The summed E-state index contributed by atoms with van der Waals surface area (Å²) < 4.78 is 0. The van der Waals surface area contributed by atoms with E-state index in [1.807, 2.05) is 6.07 Å². The predicted octanol–water partition coefficient (Wildman–Crippen LogP) is 3.43. The van der Waals surface area contributed by atoms with Gasteiger partial charge in [0.1, 0.15) is 11.6 Å². The Balaban J connectivity index is 1.90. The smallest absolute Gasteiger partial charge is 0.259 e. The molecule has 1 heterocycles. The van der Waals surface area contributed by atoms with Crippen molar-refractivity contribution >= 4 is 39.9 Å². The Labute approximate surface area is 131 Å². The van der Waals surface area contributed by atoms with E-state index in [0.29, 0.717) is 16.5 Å². The maximum atomic E-state index is 12.2. The Kier molecular flexibility index (Phi) is 3.56. The summed E-state index contributed by atoms with van der Waals surface area (Å²) in [4.78, 5) is 16.4. The number of amides is 1. The van der Waals surface area contributed by atoms with E-state index in [-0.39, 0.29) is 11.3 Å². The van der Waals surface area contributed by atoms with Crippen LogP contribution in [-0.4, -0.2) is 16.0 Å². The van der Waals surface area contributed by atoms with Crippen LogP contribution in [0.3, 0.4) is 0 Å². The van der Waals surface area contributed by atoms with Crippen LogP contribution < -0.4 is 11.1 Å². The zero-order chi connectivity index (χ0) is 15.7. The molecule has 0 aliphatic rings. The predicted molar refractivity (Wildman–Crippen MR) is 87.2 cm³/mol. The molecule has 0 unspecified atom stereocenters. The molecule has 4 N–H and O–H groups in total. The van der Waals surface area contributed by atoms with E-state index >= 15 is 0 Å². The summed E-state index contributed by atoms with van der Waals surface area (Å²) in [6.45, 7) is 0. The summed E-state index contributed by atoms with van der Waals surface area (Å²) in [7, 11) is 0. The summed E-state index contributed by atoms with van der Waals surface area (Å²) in [5.74, 6) is -0.131. The number of nitrogen functional groups attached to an aromatic ring is 1. The summed E-state index contributed by atoms with van der Waals surface area (Å²) in [5, 5.41) is 13.7. The van der Waals surface area contributed by atoms with Gasteiger partial charge in [0, 0.05) is 16.1 Å². The Bertz CT molecular complexity index is 880. The van der Waals surface area contributed by atoms with Crippen molar-refractivity contribution in [3.05, 3.63) is 59.1 Å². The van der Waals surface area contributed by atoms with Crippen molar-refractivity contribution in [2.75, 3.05) is 11.1 Å². The van der Waals surface area contributed by atoms with Gasteiger partial charge in [-0.1, -0.05) is 11.6 Å². The Morgan fingerprint density at radius 3 is 2.77 bits per heavy atom. The van der Waals surface area contributed by atoms with Gasteiger partial charge in [-0.15, -0.1) is 0 Å². The van der Waals surface area contributed by atoms with Gasteiger partial charge in [-0.25, -0.2) is 4.98 Å². The highest BCUT2D eigenvalue weighted by molar-refractivity contribution is 6.31. The number of nitrogens with zero attached hydrogens (tertiary/aromatic N) is 1. The fourth-order valence-corrected chi connectivity index (χ4v) is 2.28. The molecule has 0 aliphatic heterocycles. The van der Waals surface area contributed by atoms with Crippen LogP contribution in [0.25, 0.3) is 10.9 Å². The minimum atomic E-state index is -0.442. The van der Waals surface area contributed by atoms with Crippen molar-refractivity contribution in [3.63, 3.8) is 0 Å². The largest absolute Gasteiger partial charge is 0.507 e. The molecule has 1 amide bonds. The summed E-state index contributed by atoms with van der Waals surface area (Å²) in [5.41, 5.74) is 7.07. The zero-order valence-corrected chi connectivity index (χ0v) is 12.1. The molecule has 3 rings (SSSR count). The molecule has 0 radical (unpaired) electrons. The third-order valence-electron chi connectivity index (χ3n) is 3.17. The third-order valence-corrected chi connectivity index (χ3v) is 3.41. The number of hydrogen-bond donors (Lipinski definition) is 3. The maximum absolute atomic E-state index is 12.2. The number of benzene rings is 2. The van der Waals surface area contributed by atoms with E-state index in [1.54, 1.807) is 24.3 Å². The van der Waals surface area contributed by atoms with E-state index < -0.39 is 5.91 Å². The molecule has 0 atom stereocenters. The van der Waals surface area contributed by atoms with Gasteiger partial charge in [0.15, 0.2) is 0 Å². The first kappa shape index (κ1) is 14.2. The highest BCUT2D eigenvalue weighted by Crippen LogP contribution is 2.24. The number of carbonyl (C=O) groups is 1. The topological polar surface area (TPSA) is 88.2 Å². The number of pyridine rings is 1.